The first-order chi connectivity index (χ1) is 23.3. The molecule has 4 rings (SSSR count). The summed E-state index contributed by atoms with van der Waals surface area (Å²) < 4.78 is 128. The van der Waals surface area contributed by atoms with Gasteiger partial charge in [-0.25, -0.2) is 23.4 Å². The average molecular weight is 783 g/mol. The standard InChI is InChI=1S/C17H15F4NO4.C14H8BrF4NO4/c1-9(2)13-7-15(11(8-22-13)16(23)24-3)25-10-4-5-14(12(18)6-10)26-17(19,20)21;1-22-13(21)8-6-20-12(15)5-11(8)23-7-2-3-10(9(16)4-7)24-14(17,18)19/h4-9H,1-3H3;2-6H,1H3. The van der Waals surface area contributed by atoms with E-state index in [4.69, 9.17) is 9.47 Å². The SMILES string of the molecule is COC(=O)c1cnc(Br)cc1Oc1ccc(OC(F)(F)F)c(F)c1.COC(=O)c1cnc(C(C)C)cc1Oc1ccc(OC(F)(F)F)c(F)c1. The van der Waals surface area contributed by atoms with Crippen molar-refractivity contribution < 1.29 is 73.1 Å². The highest BCUT2D eigenvalue weighted by atomic mass is 79.9. The van der Waals surface area contributed by atoms with E-state index in [1.165, 1.54) is 31.6 Å². The molecule has 19 heteroatoms. The van der Waals surface area contributed by atoms with Crippen molar-refractivity contribution >= 4 is 27.9 Å². The van der Waals surface area contributed by atoms with Gasteiger partial charge in [0, 0.05) is 42.4 Å². The molecule has 0 amide bonds. The summed E-state index contributed by atoms with van der Waals surface area (Å²) in [7, 11) is 2.32. The number of carbonyl (C=O) groups excluding carboxylic acids is 2. The largest absolute Gasteiger partial charge is 0.573 e. The highest BCUT2D eigenvalue weighted by Crippen LogP contribution is 2.34. The molecular weight excluding hydrogens is 760 g/mol. The van der Waals surface area contributed by atoms with E-state index in [2.05, 4.69) is 44.8 Å². The van der Waals surface area contributed by atoms with E-state index < -0.39 is 47.8 Å². The first-order valence-corrected chi connectivity index (χ1v) is 14.4. The first kappa shape index (κ1) is 39.2. The van der Waals surface area contributed by atoms with Crippen molar-refractivity contribution in [2.75, 3.05) is 14.2 Å². The highest BCUT2D eigenvalue weighted by molar-refractivity contribution is 9.10. The number of aromatic nitrogens is 2. The maximum atomic E-state index is 13.8. The Hall–Kier alpha value is -5.20. The second kappa shape index (κ2) is 16.5. The minimum absolute atomic E-state index is 0.00655. The molecule has 0 aliphatic carbocycles. The van der Waals surface area contributed by atoms with Crippen LogP contribution in [0.2, 0.25) is 0 Å². The molecule has 0 aliphatic heterocycles. The Bertz CT molecular complexity index is 1840. The molecule has 0 unspecified atom stereocenters. The van der Waals surface area contributed by atoms with E-state index in [0.717, 1.165) is 37.4 Å². The van der Waals surface area contributed by atoms with Gasteiger partial charge in [0.1, 0.15) is 38.7 Å². The van der Waals surface area contributed by atoms with Crippen LogP contribution in [0.3, 0.4) is 0 Å². The van der Waals surface area contributed by atoms with Crippen molar-refractivity contribution in [3.63, 3.8) is 0 Å². The zero-order valence-corrected chi connectivity index (χ0v) is 27.5. The Balaban J connectivity index is 0.000000271. The number of nitrogens with zero attached hydrogens (tertiary/aromatic N) is 2. The number of hydrogen-bond acceptors (Lipinski definition) is 10. The van der Waals surface area contributed by atoms with Gasteiger partial charge in [0.05, 0.1) is 14.2 Å². The maximum absolute atomic E-state index is 13.8. The predicted octanol–water partition coefficient (Wildman–Crippen LogP) is 9.28. The van der Waals surface area contributed by atoms with Crippen LogP contribution >= 0.6 is 15.9 Å². The summed E-state index contributed by atoms with van der Waals surface area (Å²) in [5, 5.41) is 0. The number of ether oxygens (including phenoxy) is 6. The van der Waals surface area contributed by atoms with Gasteiger partial charge in [0.15, 0.2) is 23.1 Å². The van der Waals surface area contributed by atoms with Gasteiger partial charge in [-0.05, 0) is 46.1 Å². The van der Waals surface area contributed by atoms with Crippen molar-refractivity contribution in [1.82, 2.24) is 9.97 Å². The molecule has 0 atom stereocenters. The van der Waals surface area contributed by atoms with Gasteiger partial charge in [-0.2, -0.15) is 0 Å². The van der Waals surface area contributed by atoms with E-state index >= 15 is 0 Å². The fraction of sp³-hybridized carbons (Fsp3) is 0.226. The second-order valence-electron chi connectivity index (χ2n) is 9.73. The second-order valence-corrected chi connectivity index (χ2v) is 10.5. The van der Waals surface area contributed by atoms with Gasteiger partial charge >= 0.3 is 24.7 Å². The van der Waals surface area contributed by atoms with E-state index in [-0.39, 0.29) is 40.0 Å². The fourth-order valence-electron chi connectivity index (χ4n) is 3.64. The van der Waals surface area contributed by atoms with Crippen molar-refractivity contribution in [2.45, 2.75) is 32.5 Å². The number of carbonyl (C=O) groups is 2. The van der Waals surface area contributed by atoms with Crippen LogP contribution < -0.4 is 18.9 Å². The zero-order valence-electron chi connectivity index (χ0n) is 25.9. The smallest absolute Gasteiger partial charge is 0.465 e. The number of benzene rings is 2. The third-order valence-corrected chi connectivity index (χ3v) is 6.27. The minimum atomic E-state index is -5.02. The van der Waals surface area contributed by atoms with Crippen LogP contribution in [0, 0.1) is 11.6 Å². The van der Waals surface area contributed by atoms with E-state index in [9.17, 15) is 44.7 Å². The molecule has 268 valence electrons. The molecule has 0 saturated heterocycles. The summed E-state index contributed by atoms with van der Waals surface area (Å²) in [6.45, 7) is 3.74. The molecule has 50 heavy (non-hydrogen) atoms. The van der Waals surface area contributed by atoms with E-state index in [0.29, 0.717) is 16.4 Å². The van der Waals surface area contributed by atoms with Gasteiger partial charge in [0.2, 0.25) is 0 Å². The first-order valence-electron chi connectivity index (χ1n) is 13.6. The quantitative estimate of drug-likeness (QED) is 0.0925. The van der Waals surface area contributed by atoms with Gasteiger partial charge in [0.25, 0.3) is 0 Å². The molecule has 2 aromatic carbocycles. The molecule has 0 bridgehead atoms. The fourth-order valence-corrected chi connectivity index (χ4v) is 3.95. The lowest BCUT2D eigenvalue weighted by atomic mass is 10.1. The van der Waals surface area contributed by atoms with E-state index in [1.54, 1.807) is 0 Å². The van der Waals surface area contributed by atoms with Crippen LogP contribution in [0.15, 0.2) is 65.5 Å². The Kier molecular flexibility index (Phi) is 12.9. The summed E-state index contributed by atoms with van der Waals surface area (Å²) in [6.07, 6.45) is -7.60. The molecule has 0 radical (unpaired) electrons. The van der Waals surface area contributed by atoms with Crippen LogP contribution in [-0.4, -0.2) is 48.9 Å². The molecule has 2 aromatic heterocycles. The lowest BCUT2D eigenvalue weighted by Gasteiger charge is -2.14. The lowest BCUT2D eigenvalue weighted by Crippen LogP contribution is -2.17. The summed E-state index contributed by atoms with van der Waals surface area (Å²) in [5.74, 6) is -6.24. The number of esters is 2. The molecule has 0 spiro atoms. The predicted molar refractivity (Wildman–Crippen MR) is 159 cm³/mol. The van der Waals surface area contributed by atoms with E-state index in [1.807, 2.05) is 13.8 Å². The molecule has 0 fully saturated rings. The molecule has 0 N–H and O–H groups in total. The van der Waals surface area contributed by atoms with Crippen molar-refractivity contribution in [3.8, 4) is 34.5 Å². The number of hydrogen-bond donors (Lipinski definition) is 0. The lowest BCUT2D eigenvalue weighted by molar-refractivity contribution is -0.276. The molecule has 0 saturated carbocycles. The van der Waals surface area contributed by atoms with Gasteiger partial charge in [-0.15, -0.1) is 26.3 Å². The average Bonchev–Trinajstić information content (AvgIpc) is 3.02. The minimum Gasteiger partial charge on any atom is -0.465 e. The molecule has 2 heterocycles. The molecule has 4 aromatic rings. The highest BCUT2D eigenvalue weighted by Gasteiger charge is 2.33. The van der Waals surface area contributed by atoms with Gasteiger partial charge < -0.3 is 28.4 Å². The number of halogens is 9. The van der Waals surface area contributed by atoms with Crippen LogP contribution in [-0.2, 0) is 9.47 Å². The molecule has 10 nitrogen and oxygen atoms in total. The number of alkyl halides is 6. The Labute approximate surface area is 286 Å². The molecule has 0 aliphatic rings. The third kappa shape index (κ3) is 11.5. The number of pyridine rings is 2. The number of methoxy groups -OCH3 is 2. The number of rotatable bonds is 9. The molecular formula is C31H23BrF8N2O8. The van der Waals surface area contributed by atoms with Gasteiger partial charge in [-0.1, -0.05) is 13.8 Å². The third-order valence-electron chi connectivity index (χ3n) is 5.84. The van der Waals surface area contributed by atoms with Gasteiger partial charge in [-0.3, -0.25) is 4.98 Å². The Morgan fingerprint density at radius 2 is 1.08 bits per heavy atom. The van der Waals surface area contributed by atoms with Crippen molar-refractivity contribution in [2.24, 2.45) is 0 Å². The summed E-state index contributed by atoms with van der Waals surface area (Å²) in [4.78, 5) is 31.4. The summed E-state index contributed by atoms with van der Waals surface area (Å²) in [5.41, 5.74) is 0.551. The van der Waals surface area contributed by atoms with Crippen LogP contribution in [0.4, 0.5) is 35.1 Å². The monoisotopic (exact) mass is 782 g/mol. The van der Waals surface area contributed by atoms with Crippen LogP contribution in [0.25, 0.3) is 0 Å². The maximum Gasteiger partial charge on any atom is 0.573 e. The van der Waals surface area contributed by atoms with Crippen molar-refractivity contribution in [3.05, 3.63) is 94.0 Å². The van der Waals surface area contributed by atoms with Crippen LogP contribution in [0.5, 0.6) is 34.5 Å². The Morgan fingerprint density at radius 3 is 1.46 bits per heavy atom. The Morgan fingerprint density at radius 1 is 0.660 bits per heavy atom. The zero-order chi connectivity index (χ0) is 37.4. The summed E-state index contributed by atoms with van der Waals surface area (Å²) in [6, 6.07) is 7.89. The normalized spacial score (nSPS) is 11.2. The van der Waals surface area contributed by atoms with Crippen molar-refractivity contribution in [1.29, 1.82) is 0 Å². The van der Waals surface area contributed by atoms with Crippen LogP contribution in [0.1, 0.15) is 46.2 Å². The topological polar surface area (TPSA) is 115 Å². The summed E-state index contributed by atoms with van der Waals surface area (Å²) >= 11 is 3.08.